The fourth-order valence-electron chi connectivity index (χ4n) is 2.14. The van der Waals surface area contributed by atoms with Gasteiger partial charge in [-0.2, -0.15) is 11.3 Å². The van der Waals surface area contributed by atoms with Gasteiger partial charge in [0.05, 0.1) is 11.0 Å². The summed E-state index contributed by atoms with van der Waals surface area (Å²) < 4.78 is 2.17. The van der Waals surface area contributed by atoms with E-state index in [-0.39, 0.29) is 0 Å². The topological polar surface area (TPSA) is 17.8 Å². The molecule has 0 N–H and O–H groups in total. The molecule has 0 bridgehead atoms. The number of nitrogens with zero attached hydrogens (tertiary/aromatic N) is 2. The third-order valence-electron chi connectivity index (χ3n) is 3.36. The van der Waals surface area contributed by atoms with E-state index >= 15 is 0 Å². The first kappa shape index (κ1) is 10.5. The smallest absolute Gasteiger partial charge is 0.141 e. The standard InChI is InChI=1S/C14H14N2S/c1-9-4-5-12-13(10(9)2)15-14(16(12)3)11-6-7-17-8-11/h4-8H,1-3H3. The van der Waals surface area contributed by atoms with Gasteiger partial charge in [-0.05, 0) is 42.5 Å². The molecule has 0 amide bonds. The van der Waals surface area contributed by atoms with Crippen LogP contribution in [0, 0.1) is 13.8 Å². The van der Waals surface area contributed by atoms with Crippen LogP contribution in [0.5, 0.6) is 0 Å². The second-order valence-electron chi connectivity index (χ2n) is 4.38. The highest BCUT2D eigenvalue weighted by atomic mass is 32.1. The van der Waals surface area contributed by atoms with Crippen molar-refractivity contribution in [2.45, 2.75) is 13.8 Å². The van der Waals surface area contributed by atoms with E-state index in [4.69, 9.17) is 4.98 Å². The number of hydrogen-bond acceptors (Lipinski definition) is 2. The van der Waals surface area contributed by atoms with Crippen molar-refractivity contribution in [1.29, 1.82) is 0 Å². The molecule has 0 unspecified atom stereocenters. The molecule has 0 saturated carbocycles. The van der Waals surface area contributed by atoms with Gasteiger partial charge in [0.1, 0.15) is 5.82 Å². The van der Waals surface area contributed by atoms with Crippen LogP contribution in [-0.2, 0) is 7.05 Å². The zero-order chi connectivity index (χ0) is 12.0. The first-order chi connectivity index (χ1) is 8.18. The maximum atomic E-state index is 4.78. The Morgan fingerprint density at radius 2 is 2.00 bits per heavy atom. The monoisotopic (exact) mass is 242 g/mol. The molecule has 0 radical (unpaired) electrons. The fourth-order valence-corrected chi connectivity index (χ4v) is 2.78. The average molecular weight is 242 g/mol. The van der Waals surface area contributed by atoms with Crippen LogP contribution in [0.4, 0.5) is 0 Å². The number of hydrogen-bond donors (Lipinski definition) is 0. The van der Waals surface area contributed by atoms with Gasteiger partial charge >= 0.3 is 0 Å². The number of rotatable bonds is 1. The third-order valence-corrected chi connectivity index (χ3v) is 4.04. The highest BCUT2D eigenvalue weighted by Gasteiger charge is 2.12. The summed E-state index contributed by atoms with van der Waals surface area (Å²) in [6.45, 7) is 4.27. The Morgan fingerprint density at radius 1 is 1.18 bits per heavy atom. The molecule has 0 fully saturated rings. The summed E-state index contributed by atoms with van der Waals surface area (Å²) in [7, 11) is 2.08. The Kier molecular flexibility index (Phi) is 2.30. The number of imidazole rings is 1. The second-order valence-corrected chi connectivity index (χ2v) is 5.16. The van der Waals surface area contributed by atoms with Gasteiger partial charge < -0.3 is 4.57 Å². The second kappa shape index (κ2) is 3.70. The number of benzene rings is 1. The molecule has 0 aliphatic rings. The Hall–Kier alpha value is -1.61. The summed E-state index contributed by atoms with van der Waals surface area (Å²) in [5.74, 6) is 1.05. The van der Waals surface area contributed by atoms with Gasteiger partial charge in [0.2, 0.25) is 0 Å². The van der Waals surface area contributed by atoms with Crippen molar-refractivity contribution < 1.29 is 0 Å². The minimum atomic E-state index is 1.05. The summed E-state index contributed by atoms with van der Waals surface area (Å²) in [5, 5.41) is 4.23. The van der Waals surface area contributed by atoms with Crippen LogP contribution in [-0.4, -0.2) is 9.55 Å². The minimum absolute atomic E-state index is 1.05. The molecule has 17 heavy (non-hydrogen) atoms. The summed E-state index contributed by atoms with van der Waals surface area (Å²) in [6.07, 6.45) is 0. The number of fused-ring (bicyclic) bond motifs is 1. The van der Waals surface area contributed by atoms with E-state index in [1.54, 1.807) is 11.3 Å². The van der Waals surface area contributed by atoms with Crippen LogP contribution in [0.15, 0.2) is 29.0 Å². The molecule has 2 aromatic heterocycles. The van der Waals surface area contributed by atoms with E-state index in [1.807, 2.05) is 0 Å². The van der Waals surface area contributed by atoms with Gasteiger partial charge in [-0.3, -0.25) is 0 Å². The quantitative estimate of drug-likeness (QED) is 0.632. The molecule has 3 aromatic rings. The predicted molar refractivity (Wildman–Crippen MR) is 73.5 cm³/mol. The molecular weight excluding hydrogens is 228 g/mol. The molecule has 1 aromatic carbocycles. The molecule has 0 atom stereocenters. The van der Waals surface area contributed by atoms with Crippen LogP contribution in [0.2, 0.25) is 0 Å². The number of aromatic nitrogens is 2. The molecule has 0 aliphatic carbocycles. The SMILES string of the molecule is Cc1ccc2c(nc(-c3ccsc3)n2C)c1C. The lowest BCUT2D eigenvalue weighted by molar-refractivity contribution is 0.960. The lowest BCUT2D eigenvalue weighted by atomic mass is 10.1. The lowest BCUT2D eigenvalue weighted by Crippen LogP contribution is -1.91. The molecule has 0 spiro atoms. The maximum Gasteiger partial charge on any atom is 0.141 e. The van der Waals surface area contributed by atoms with Crippen LogP contribution < -0.4 is 0 Å². The molecule has 3 heteroatoms. The summed E-state index contributed by atoms with van der Waals surface area (Å²) in [5.41, 5.74) is 6.10. The normalized spacial score (nSPS) is 11.2. The Morgan fingerprint density at radius 3 is 2.71 bits per heavy atom. The van der Waals surface area contributed by atoms with Gasteiger partial charge in [0.25, 0.3) is 0 Å². The molecule has 2 nitrogen and oxygen atoms in total. The Balaban J connectivity index is 2.36. The van der Waals surface area contributed by atoms with Gasteiger partial charge in [-0.1, -0.05) is 6.07 Å². The van der Waals surface area contributed by atoms with E-state index in [2.05, 4.69) is 54.4 Å². The van der Waals surface area contributed by atoms with Crippen molar-refractivity contribution in [2.24, 2.45) is 7.05 Å². The molecular formula is C14H14N2S. The zero-order valence-electron chi connectivity index (χ0n) is 10.2. The first-order valence-electron chi connectivity index (χ1n) is 5.63. The third kappa shape index (κ3) is 1.50. The largest absolute Gasteiger partial charge is 0.327 e. The van der Waals surface area contributed by atoms with E-state index in [0.717, 1.165) is 11.3 Å². The van der Waals surface area contributed by atoms with E-state index < -0.39 is 0 Å². The summed E-state index contributed by atoms with van der Waals surface area (Å²) in [6, 6.07) is 6.44. The number of aryl methyl sites for hydroxylation is 3. The maximum absolute atomic E-state index is 4.78. The van der Waals surface area contributed by atoms with E-state index in [1.165, 1.54) is 22.2 Å². The van der Waals surface area contributed by atoms with Crippen molar-refractivity contribution >= 4 is 22.4 Å². The van der Waals surface area contributed by atoms with Crippen LogP contribution in [0.1, 0.15) is 11.1 Å². The van der Waals surface area contributed by atoms with Gasteiger partial charge in [0, 0.05) is 18.0 Å². The van der Waals surface area contributed by atoms with Crippen LogP contribution in [0.3, 0.4) is 0 Å². The zero-order valence-corrected chi connectivity index (χ0v) is 11.0. The fraction of sp³-hybridized carbons (Fsp3) is 0.214. The van der Waals surface area contributed by atoms with Crippen molar-refractivity contribution in [3.63, 3.8) is 0 Å². The van der Waals surface area contributed by atoms with Crippen molar-refractivity contribution in [3.8, 4) is 11.4 Å². The van der Waals surface area contributed by atoms with Crippen LogP contribution in [0.25, 0.3) is 22.4 Å². The summed E-state index contributed by atoms with van der Waals surface area (Å²) in [4.78, 5) is 4.78. The van der Waals surface area contributed by atoms with Gasteiger partial charge in [-0.15, -0.1) is 0 Å². The summed E-state index contributed by atoms with van der Waals surface area (Å²) >= 11 is 1.71. The lowest BCUT2D eigenvalue weighted by Gasteiger charge is -2.01. The molecule has 3 rings (SSSR count). The van der Waals surface area contributed by atoms with Gasteiger partial charge in [-0.25, -0.2) is 4.98 Å². The molecule has 0 aliphatic heterocycles. The molecule has 86 valence electrons. The minimum Gasteiger partial charge on any atom is -0.327 e. The van der Waals surface area contributed by atoms with Crippen molar-refractivity contribution in [2.75, 3.05) is 0 Å². The Labute approximate surface area is 105 Å². The average Bonchev–Trinajstić information content (AvgIpc) is 2.92. The van der Waals surface area contributed by atoms with E-state index in [0.29, 0.717) is 0 Å². The molecule has 2 heterocycles. The predicted octanol–water partition coefficient (Wildman–Crippen LogP) is 3.92. The Bertz CT molecular complexity index is 678. The number of thiophene rings is 1. The van der Waals surface area contributed by atoms with Crippen molar-refractivity contribution in [3.05, 3.63) is 40.1 Å². The highest BCUT2D eigenvalue weighted by molar-refractivity contribution is 7.08. The molecule has 0 saturated heterocycles. The van der Waals surface area contributed by atoms with Gasteiger partial charge in [0.15, 0.2) is 0 Å². The van der Waals surface area contributed by atoms with E-state index in [9.17, 15) is 0 Å². The highest BCUT2D eigenvalue weighted by Crippen LogP contribution is 2.28. The first-order valence-corrected chi connectivity index (χ1v) is 6.58. The van der Waals surface area contributed by atoms with Crippen molar-refractivity contribution in [1.82, 2.24) is 9.55 Å². The van der Waals surface area contributed by atoms with Crippen LogP contribution >= 0.6 is 11.3 Å².